The number of imide groups is 6. The maximum Gasteiger partial charge on any atom is 0.257 e. The Balaban J connectivity index is 0.000000459. The number of aromatic nitrogens is 6. The zero-order valence-electron chi connectivity index (χ0n) is 98.4. The van der Waals surface area contributed by atoms with Gasteiger partial charge in [0.25, 0.3) is 23.6 Å². The Morgan fingerprint density at radius 3 is 1.09 bits per heavy atom. The Labute approximate surface area is 919 Å². The van der Waals surface area contributed by atoms with Gasteiger partial charge in [0, 0.05) is 183 Å². The Hall–Kier alpha value is -7.06. The summed E-state index contributed by atoms with van der Waals surface area (Å²) in [5.41, 5.74) is 0.753. The van der Waals surface area contributed by atoms with E-state index in [-0.39, 0.29) is 257 Å². The predicted octanol–water partition coefficient (Wildman–Crippen LogP) is 19.9. The van der Waals surface area contributed by atoms with Gasteiger partial charge < -0.3 is 15.4 Å². The Morgan fingerprint density at radius 2 is 0.711 bits per heavy atom. The highest BCUT2D eigenvalue weighted by Gasteiger charge is 2.50. The summed E-state index contributed by atoms with van der Waals surface area (Å²) in [5.74, 6) is 0.864. The molecule has 149 heavy (non-hydrogen) atoms. The molecule has 8 heterocycles. The van der Waals surface area contributed by atoms with Gasteiger partial charge in [-0.2, -0.15) is 58.8 Å². The molecule has 0 radical (unpaired) electrons. The lowest BCUT2D eigenvalue weighted by Gasteiger charge is -2.32. The second-order valence-corrected chi connectivity index (χ2v) is 64.9. The largest absolute Gasteiger partial charge is 0.379 e. The molecule has 5 unspecified atom stereocenters. The van der Waals surface area contributed by atoms with Crippen molar-refractivity contribution in [2.24, 2.45) is 56.2 Å². The fourth-order valence-corrected chi connectivity index (χ4v) is 23.3. The molecule has 14 amide bonds. The quantitative estimate of drug-likeness (QED) is 0.0460. The molecule has 2 aromatic heterocycles. The number of likely N-dealkylation sites (tertiary alicyclic amines) is 4. The molecule has 0 spiro atoms. The maximum absolute atomic E-state index is 12.5. The number of rotatable bonds is 42. The van der Waals surface area contributed by atoms with Crippen LogP contribution in [0.3, 0.4) is 0 Å². The molecular formula is C112H190N14O17S6. The summed E-state index contributed by atoms with van der Waals surface area (Å²) in [5, 5.41) is 22.5. The van der Waals surface area contributed by atoms with Crippen LogP contribution in [0.2, 0.25) is 0 Å². The molecule has 0 bridgehead atoms. The number of nitrogens with zero attached hydrogens (tertiary/aromatic N) is 12. The summed E-state index contributed by atoms with van der Waals surface area (Å²) < 4.78 is 10.4. The minimum Gasteiger partial charge on any atom is -0.379 e. The molecule has 2 aromatic rings. The second-order valence-electron chi connectivity index (χ2n) is 52.4. The third-order valence-electron chi connectivity index (χ3n) is 24.6. The van der Waals surface area contributed by atoms with Gasteiger partial charge in [0.15, 0.2) is 0 Å². The fraction of sp³-hybridized carbons (Fsp3) is 0.786. The number of Topliss-reactive ketones (excluding diaryl/α,β-unsaturated/α-hetero) is 2. The van der Waals surface area contributed by atoms with E-state index in [4.69, 9.17) is 4.74 Å². The molecule has 2 N–H and O–H groups in total. The average molecular weight is 2200 g/mol. The van der Waals surface area contributed by atoms with Crippen LogP contribution in [0.1, 0.15) is 378 Å². The van der Waals surface area contributed by atoms with E-state index in [0.29, 0.717) is 91.1 Å². The van der Waals surface area contributed by atoms with Crippen molar-refractivity contribution in [1.82, 2.24) is 70.0 Å². The van der Waals surface area contributed by atoms with Crippen molar-refractivity contribution >= 4 is 165 Å². The molecule has 8 rings (SSSR count). The van der Waals surface area contributed by atoms with E-state index in [0.717, 1.165) is 61.7 Å². The molecule has 6 aliphatic rings. The first-order valence-electron chi connectivity index (χ1n) is 53.1. The lowest BCUT2D eigenvalue weighted by Crippen LogP contribution is -2.39. The van der Waals surface area contributed by atoms with E-state index in [1.165, 1.54) is 41.6 Å². The number of hydrogen-bond acceptors (Lipinski definition) is 27. The van der Waals surface area contributed by atoms with Gasteiger partial charge in [-0.3, -0.25) is 111 Å². The standard InChI is InChI=1S/C20H33NO3S.C19H32N4O3S.C19H32N4O2S.C19H31NO3S.C18H32N2O3S.C17H30N2O3S/c1-18(2,3)15-13-16(23)21(17(15)24)12-10-14(22)9-11-20(7,8)25-19(4,5)6;1-18(2,3)15-11-16(24)23(17(15)25)13-14-12-22(21-20-14)7-8-26-9-10-27-19(4,5)6;1-18(2,3)15-11-16(24)23(17(15)25)13-14-12-22(21-20-14)9-7-8-10-26-19(4,5)6;1-13(24-19(5,6)7)8-9-14(21)10-11-20-16(22)12-15(17(20)23)18(2,3)4;1-17(2,3)13-12-15(22)20(16(13)23)10-9-19-14(21)8-7-11-24-18(4,5)6;1-16(2,3)12-11-14(21)19(15(12)22)9-7-13(20)18-8-10-23-17(4,5)6/h13H,9-12H2,1-8H3;12,15H,7-11,13H2,1-6H3;12,15H,7-11,13H2,1-6H3;12-13H,8-11H2,1-7H3;13H,7-12H2,1-6H3,(H,19,21);12H,7-11H2,1-6H3,(H,18,20). The normalized spacial score (nSPS) is 18.3. The van der Waals surface area contributed by atoms with E-state index >= 15 is 0 Å². The van der Waals surface area contributed by atoms with E-state index in [1.807, 2.05) is 194 Å². The van der Waals surface area contributed by atoms with Crippen molar-refractivity contribution in [2.45, 2.75) is 431 Å². The number of carbonyl (C=O) groups excluding carboxylic acids is 16. The number of aryl methyl sites for hydroxylation is 1. The predicted molar refractivity (Wildman–Crippen MR) is 608 cm³/mol. The van der Waals surface area contributed by atoms with Crippen LogP contribution in [-0.4, -0.2) is 268 Å². The summed E-state index contributed by atoms with van der Waals surface area (Å²) in [6.45, 7) is 85.7. The molecule has 37 heteroatoms. The summed E-state index contributed by atoms with van der Waals surface area (Å²) in [7, 11) is 0. The smallest absolute Gasteiger partial charge is 0.257 e. The van der Waals surface area contributed by atoms with Crippen molar-refractivity contribution < 1.29 is 81.4 Å². The molecule has 31 nitrogen and oxygen atoms in total. The van der Waals surface area contributed by atoms with Crippen LogP contribution in [0.25, 0.3) is 0 Å². The lowest BCUT2D eigenvalue weighted by atomic mass is 9.80. The number of amides is 14. The molecule has 5 atom stereocenters. The molecule has 6 aliphatic heterocycles. The van der Waals surface area contributed by atoms with Gasteiger partial charge in [-0.1, -0.05) is 280 Å². The van der Waals surface area contributed by atoms with Gasteiger partial charge in [-0.25, -0.2) is 4.68 Å². The first-order chi connectivity index (χ1) is 67.7. The number of unbranched alkanes of at least 4 members (excludes halogenated alkanes) is 1. The molecular weight excluding hydrogens is 2010 g/mol. The molecule has 0 aliphatic carbocycles. The number of thioether (sulfide) groups is 6. The maximum atomic E-state index is 12.5. The third kappa shape index (κ3) is 51.9. The van der Waals surface area contributed by atoms with Gasteiger partial charge in [0.05, 0.1) is 68.9 Å². The van der Waals surface area contributed by atoms with Gasteiger partial charge in [-0.05, 0) is 76.1 Å². The third-order valence-corrected chi connectivity index (χ3v) is 32.6. The van der Waals surface area contributed by atoms with Crippen molar-refractivity contribution in [2.75, 3.05) is 75.5 Å². The summed E-state index contributed by atoms with van der Waals surface area (Å²) in [4.78, 5) is 202. The number of ether oxygens (including phenoxy) is 1. The molecule has 4 saturated heterocycles. The van der Waals surface area contributed by atoms with Crippen LogP contribution in [0.5, 0.6) is 0 Å². The summed E-state index contributed by atoms with van der Waals surface area (Å²) in [6.07, 6.45) is 14.3. The zero-order valence-corrected chi connectivity index (χ0v) is 103. The molecule has 0 aromatic carbocycles. The molecule has 846 valence electrons. The van der Waals surface area contributed by atoms with Gasteiger partial charge in [0.1, 0.15) is 23.0 Å². The Bertz CT molecular complexity index is 4910. The average Bonchev–Trinajstić information content (AvgIpc) is 1.48. The van der Waals surface area contributed by atoms with Crippen LogP contribution in [0.4, 0.5) is 0 Å². The van der Waals surface area contributed by atoms with Gasteiger partial charge in [-0.15, -0.1) is 22.0 Å². The van der Waals surface area contributed by atoms with Gasteiger partial charge in [0.2, 0.25) is 59.1 Å². The Morgan fingerprint density at radius 1 is 0.362 bits per heavy atom. The monoisotopic (exact) mass is 2200 g/mol. The zero-order chi connectivity index (χ0) is 114. The van der Waals surface area contributed by atoms with Crippen molar-refractivity contribution in [3.8, 4) is 0 Å². The number of carbonyl (C=O) groups is 16. The lowest BCUT2D eigenvalue weighted by molar-refractivity contribution is -0.142. The van der Waals surface area contributed by atoms with Crippen molar-refractivity contribution in [3.05, 3.63) is 47.1 Å². The number of ketones is 2. The Kier molecular flexibility index (Phi) is 53.1. The van der Waals surface area contributed by atoms with Crippen LogP contribution in [0, 0.1) is 56.2 Å². The van der Waals surface area contributed by atoms with E-state index in [2.05, 4.69) is 177 Å². The topological polar surface area (TPSA) is 387 Å². The molecule has 0 saturated carbocycles. The van der Waals surface area contributed by atoms with E-state index in [9.17, 15) is 76.7 Å². The fourth-order valence-electron chi connectivity index (χ4n) is 16.5. The van der Waals surface area contributed by atoms with E-state index < -0.39 is 0 Å². The second kappa shape index (κ2) is 58.1. The first kappa shape index (κ1) is 136. The molecule has 4 fully saturated rings. The highest BCUT2D eigenvalue weighted by molar-refractivity contribution is 8.02. The summed E-state index contributed by atoms with van der Waals surface area (Å²) in [6, 6.07) is 0. The van der Waals surface area contributed by atoms with Crippen LogP contribution >= 0.6 is 70.6 Å². The van der Waals surface area contributed by atoms with Crippen LogP contribution in [0.15, 0.2) is 35.7 Å². The highest BCUT2D eigenvalue weighted by atomic mass is 32.2. The first-order valence-corrected chi connectivity index (χ1v) is 58.7. The van der Waals surface area contributed by atoms with Crippen LogP contribution < -0.4 is 10.6 Å². The van der Waals surface area contributed by atoms with Gasteiger partial charge >= 0.3 is 0 Å². The minimum absolute atomic E-state index is 0.0176. The summed E-state index contributed by atoms with van der Waals surface area (Å²) >= 11 is 11.2. The van der Waals surface area contributed by atoms with Crippen molar-refractivity contribution in [1.29, 1.82) is 0 Å². The minimum atomic E-state index is -0.361. The van der Waals surface area contributed by atoms with Crippen LogP contribution in [-0.2, 0) is 108 Å². The van der Waals surface area contributed by atoms with Crippen molar-refractivity contribution in [3.63, 3.8) is 0 Å². The SMILES string of the molecule is CC(C)(C)SC(C)(C)CCC(=O)CCN1C(=O)C=C(C(C)(C)C)C1=O.CC(C)(C)SCCCC(=O)NCCN1C(=O)CC(C(C)(C)C)C1=O.CC(C)(C)SCCCCn1cc(CN2C(=O)CC(C(C)(C)C)C2=O)nn1.CC(C)(C)SCCNC(=O)CCN1C(=O)CC(C(C)(C)C)C1=O.CC(C)(C)SCCOCCn1cc(CN2C(=O)CC(C(C)(C)C)C2=O)nn1.CC(CCC(=O)CCN1C(=O)C=C(C(C)(C)C)C1=O)SC(C)(C)C. The van der Waals surface area contributed by atoms with E-state index in [1.54, 1.807) is 22.6 Å². The number of hydrogen-bond donors (Lipinski definition) is 2. The highest BCUT2D eigenvalue weighted by Crippen LogP contribution is 2.43. The number of nitrogens with one attached hydrogen (secondary N) is 2.